The summed E-state index contributed by atoms with van der Waals surface area (Å²) in [4.78, 5) is 11.2. The Bertz CT molecular complexity index is 437. The number of alkyl halides is 1. The van der Waals surface area contributed by atoms with Gasteiger partial charge in [-0.3, -0.25) is 0 Å². The summed E-state index contributed by atoms with van der Waals surface area (Å²) in [5.41, 5.74) is 0.490. The van der Waals surface area contributed by atoms with Crippen molar-refractivity contribution in [3.05, 3.63) is 28.8 Å². The number of nitriles is 1. The lowest BCUT2D eigenvalue weighted by Gasteiger charge is -2.06. The van der Waals surface area contributed by atoms with Crippen LogP contribution in [0, 0.1) is 11.3 Å². The molecule has 1 rings (SSSR count). The molecular weight excluding hydrogens is 218 g/mol. The van der Waals surface area contributed by atoms with E-state index in [0.717, 1.165) is 0 Å². The smallest absolute Gasteiger partial charge is 0.343 e. The number of carbonyl (C=O) groups is 1. The van der Waals surface area contributed by atoms with Crippen LogP contribution in [0.15, 0.2) is 12.1 Å². The predicted octanol–water partition coefficient (Wildman–Crippen LogP) is 1.79. The van der Waals surface area contributed by atoms with Crippen LogP contribution in [0.4, 0.5) is 0 Å². The summed E-state index contributed by atoms with van der Waals surface area (Å²) in [5, 5.41) is 18.3. The van der Waals surface area contributed by atoms with E-state index in [0.29, 0.717) is 5.56 Å². The lowest BCUT2D eigenvalue weighted by atomic mass is 10.0. The van der Waals surface area contributed by atoms with E-state index < -0.39 is 5.97 Å². The van der Waals surface area contributed by atoms with Gasteiger partial charge in [0.2, 0.25) is 0 Å². The molecule has 1 N–H and O–H groups in total. The fraction of sp³-hybridized carbons (Fsp3) is 0.200. The number of halogens is 1. The highest BCUT2D eigenvalue weighted by molar-refractivity contribution is 6.17. The molecule has 0 spiro atoms. The quantitative estimate of drug-likeness (QED) is 0.615. The first kappa shape index (κ1) is 11.3. The zero-order chi connectivity index (χ0) is 11.4. The highest BCUT2D eigenvalue weighted by Gasteiger charge is 2.18. The number of ether oxygens (including phenoxy) is 1. The van der Waals surface area contributed by atoms with Crippen molar-refractivity contribution in [2.45, 2.75) is 5.88 Å². The molecule has 1 aromatic carbocycles. The van der Waals surface area contributed by atoms with Gasteiger partial charge in [-0.2, -0.15) is 5.26 Å². The molecule has 0 aliphatic carbocycles. The highest BCUT2D eigenvalue weighted by atomic mass is 35.5. The van der Waals surface area contributed by atoms with Gasteiger partial charge in [0.05, 0.1) is 12.7 Å². The Balaban J connectivity index is 3.39. The number of esters is 1. The normalized spacial score (nSPS) is 9.40. The molecule has 5 heteroatoms. The van der Waals surface area contributed by atoms with Gasteiger partial charge in [0.1, 0.15) is 17.4 Å². The maximum atomic E-state index is 11.2. The number of phenolic OH excluding ortho intramolecular Hbond substituents is 1. The van der Waals surface area contributed by atoms with Crippen LogP contribution in [-0.4, -0.2) is 18.2 Å². The lowest BCUT2D eigenvalue weighted by Crippen LogP contribution is -2.05. The molecule has 1 aromatic rings. The standard InChI is InChI=1S/C10H8ClNO3/c1-15-10(14)9-7(5-12)2-6(4-11)3-8(9)13/h2-3,13H,4H2,1H3. The van der Waals surface area contributed by atoms with E-state index in [1.54, 1.807) is 6.07 Å². The number of hydrogen-bond acceptors (Lipinski definition) is 4. The average Bonchev–Trinajstić information content (AvgIpc) is 2.26. The van der Waals surface area contributed by atoms with Crippen LogP contribution in [0.3, 0.4) is 0 Å². The van der Waals surface area contributed by atoms with Gasteiger partial charge in [-0.25, -0.2) is 4.79 Å². The SMILES string of the molecule is COC(=O)c1c(O)cc(CCl)cc1C#N. The Morgan fingerprint density at radius 3 is 2.80 bits per heavy atom. The third-order valence-electron chi connectivity index (χ3n) is 1.84. The molecule has 0 saturated heterocycles. The Morgan fingerprint density at radius 2 is 2.33 bits per heavy atom. The van der Waals surface area contributed by atoms with Crippen LogP contribution in [0.5, 0.6) is 5.75 Å². The molecule has 0 radical (unpaired) electrons. The molecule has 0 aromatic heterocycles. The topological polar surface area (TPSA) is 70.3 Å². The van der Waals surface area contributed by atoms with Crippen molar-refractivity contribution in [2.75, 3.05) is 7.11 Å². The molecule has 78 valence electrons. The molecule has 0 amide bonds. The van der Waals surface area contributed by atoms with Crippen LogP contribution in [0.2, 0.25) is 0 Å². The lowest BCUT2D eigenvalue weighted by molar-refractivity contribution is 0.0597. The van der Waals surface area contributed by atoms with Crippen molar-refractivity contribution in [3.63, 3.8) is 0 Å². The summed E-state index contributed by atoms with van der Waals surface area (Å²) >= 11 is 5.56. The third kappa shape index (κ3) is 2.20. The van der Waals surface area contributed by atoms with Crippen molar-refractivity contribution in [3.8, 4) is 11.8 Å². The maximum absolute atomic E-state index is 11.2. The van der Waals surface area contributed by atoms with Gasteiger partial charge in [-0.05, 0) is 17.7 Å². The first-order valence-corrected chi connectivity index (χ1v) is 4.57. The second-order valence-corrected chi connectivity index (χ2v) is 3.04. The van der Waals surface area contributed by atoms with E-state index in [4.69, 9.17) is 16.9 Å². The Kier molecular flexibility index (Phi) is 3.53. The van der Waals surface area contributed by atoms with Crippen LogP contribution in [0.1, 0.15) is 21.5 Å². The molecule has 0 saturated carbocycles. The highest BCUT2D eigenvalue weighted by Crippen LogP contribution is 2.24. The molecular formula is C10H8ClNO3. The van der Waals surface area contributed by atoms with Crippen LogP contribution in [0.25, 0.3) is 0 Å². The fourth-order valence-electron chi connectivity index (χ4n) is 1.17. The van der Waals surface area contributed by atoms with Gasteiger partial charge >= 0.3 is 5.97 Å². The number of nitrogens with zero attached hydrogens (tertiary/aromatic N) is 1. The van der Waals surface area contributed by atoms with E-state index in [1.165, 1.54) is 19.2 Å². The molecule has 0 aliphatic heterocycles. The first-order valence-electron chi connectivity index (χ1n) is 4.04. The van der Waals surface area contributed by atoms with Crippen LogP contribution < -0.4 is 0 Å². The van der Waals surface area contributed by atoms with Gasteiger partial charge in [0.25, 0.3) is 0 Å². The Hall–Kier alpha value is -1.73. The van der Waals surface area contributed by atoms with E-state index in [-0.39, 0.29) is 22.8 Å². The van der Waals surface area contributed by atoms with Crippen LogP contribution in [-0.2, 0) is 10.6 Å². The minimum absolute atomic E-state index is 0.0532. The Morgan fingerprint density at radius 1 is 1.67 bits per heavy atom. The number of methoxy groups -OCH3 is 1. The molecule has 0 unspecified atom stereocenters. The maximum Gasteiger partial charge on any atom is 0.343 e. The fourth-order valence-corrected chi connectivity index (χ4v) is 1.32. The second-order valence-electron chi connectivity index (χ2n) is 2.77. The minimum atomic E-state index is -0.745. The number of aromatic hydroxyl groups is 1. The summed E-state index contributed by atoms with van der Waals surface area (Å²) in [5.74, 6) is -0.884. The Labute approximate surface area is 91.7 Å². The summed E-state index contributed by atoms with van der Waals surface area (Å²) in [6, 6.07) is 4.58. The molecule has 0 atom stereocenters. The van der Waals surface area contributed by atoms with Crippen molar-refractivity contribution in [2.24, 2.45) is 0 Å². The number of hydrogen-bond donors (Lipinski definition) is 1. The summed E-state index contributed by atoms with van der Waals surface area (Å²) in [6.45, 7) is 0. The van der Waals surface area contributed by atoms with Gasteiger partial charge < -0.3 is 9.84 Å². The average molecular weight is 226 g/mol. The molecule has 0 bridgehead atoms. The zero-order valence-electron chi connectivity index (χ0n) is 7.95. The summed E-state index contributed by atoms with van der Waals surface area (Å²) in [6.07, 6.45) is 0. The van der Waals surface area contributed by atoms with E-state index in [9.17, 15) is 9.90 Å². The number of carbonyl (C=O) groups excluding carboxylic acids is 1. The number of rotatable bonds is 2. The van der Waals surface area contributed by atoms with E-state index >= 15 is 0 Å². The van der Waals surface area contributed by atoms with Crippen molar-refractivity contribution in [1.82, 2.24) is 0 Å². The number of benzene rings is 1. The van der Waals surface area contributed by atoms with E-state index in [1.807, 2.05) is 0 Å². The van der Waals surface area contributed by atoms with Gasteiger partial charge in [-0.1, -0.05) is 0 Å². The van der Waals surface area contributed by atoms with Gasteiger partial charge in [-0.15, -0.1) is 11.6 Å². The van der Waals surface area contributed by atoms with Crippen molar-refractivity contribution in [1.29, 1.82) is 5.26 Å². The zero-order valence-corrected chi connectivity index (χ0v) is 8.71. The van der Waals surface area contributed by atoms with Crippen LogP contribution >= 0.6 is 11.6 Å². The monoisotopic (exact) mass is 225 g/mol. The van der Waals surface area contributed by atoms with Crippen molar-refractivity contribution < 1.29 is 14.6 Å². The van der Waals surface area contributed by atoms with Gasteiger partial charge in [0.15, 0.2) is 0 Å². The predicted molar refractivity (Wildman–Crippen MR) is 53.7 cm³/mol. The molecule has 4 nitrogen and oxygen atoms in total. The summed E-state index contributed by atoms with van der Waals surface area (Å²) < 4.78 is 4.45. The van der Waals surface area contributed by atoms with Gasteiger partial charge in [0, 0.05) is 5.88 Å². The first-order chi connectivity index (χ1) is 7.13. The molecule has 15 heavy (non-hydrogen) atoms. The summed E-state index contributed by atoms with van der Waals surface area (Å²) in [7, 11) is 1.18. The minimum Gasteiger partial charge on any atom is -0.507 e. The molecule has 0 aliphatic rings. The number of phenols is 1. The molecule has 0 heterocycles. The molecule has 0 fully saturated rings. The largest absolute Gasteiger partial charge is 0.507 e. The third-order valence-corrected chi connectivity index (χ3v) is 2.15. The second kappa shape index (κ2) is 4.67. The van der Waals surface area contributed by atoms with E-state index in [2.05, 4.69) is 4.74 Å². The van der Waals surface area contributed by atoms with Crippen molar-refractivity contribution >= 4 is 17.6 Å².